The number of alkyl halides is 2. The predicted octanol–water partition coefficient (Wildman–Crippen LogP) is 3.30. The summed E-state index contributed by atoms with van der Waals surface area (Å²) in [5.74, 6) is -0.132. The number of nitro groups is 1. The van der Waals surface area contributed by atoms with Crippen molar-refractivity contribution in [2.75, 3.05) is 0 Å². The summed E-state index contributed by atoms with van der Waals surface area (Å²) in [6.45, 7) is 1.63. The molecule has 0 aliphatic heterocycles. The molecule has 1 unspecified atom stereocenters. The van der Waals surface area contributed by atoms with Gasteiger partial charge in [0.15, 0.2) is 5.78 Å². The number of hydrogen-bond donors (Lipinski definition) is 0. The molecule has 0 spiro atoms. The number of halogens is 2. The highest BCUT2D eigenvalue weighted by molar-refractivity contribution is 9.10. The minimum absolute atomic E-state index is 0.100. The molecule has 4 nitrogen and oxygen atoms in total. The molecule has 0 saturated heterocycles. The summed E-state index contributed by atoms with van der Waals surface area (Å²) >= 11 is 8.68. The Kier molecular flexibility index (Phi) is 4.44. The second-order valence-electron chi connectivity index (χ2n) is 3.22. The van der Waals surface area contributed by atoms with Gasteiger partial charge in [-0.2, -0.15) is 0 Å². The molecular weight excluding hydrogens is 297 g/mol. The van der Waals surface area contributed by atoms with Crippen molar-refractivity contribution in [1.29, 1.82) is 0 Å². The van der Waals surface area contributed by atoms with Gasteiger partial charge in [-0.3, -0.25) is 14.9 Å². The Morgan fingerprint density at radius 1 is 1.62 bits per heavy atom. The van der Waals surface area contributed by atoms with Crippen LogP contribution < -0.4 is 0 Å². The van der Waals surface area contributed by atoms with Gasteiger partial charge in [0.05, 0.1) is 15.3 Å². The van der Waals surface area contributed by atoms with Gasteiger partial charge < -0.3 is 0 Å². The van der Waals surface area contributed by atoms with Crippen LogP contribution in [0.3, 0.4) is 0 Å². The normalized spacial score (nSPS) is 12.2. The highest BCUT2D eigenvalue weighted by Crippen LogP contribution is 2.24. The van der Waals surface area contributed by atoms with E-state index in [-0.39, 0.29) is 22.9 Å². The third-order valence-corrected chi connectivity index (χ3v) is 2.76. The van der Waals surface area contributed by atoms with Crippen molar-refractivity contribution in [1.82, 2.24) is 0 Å². The third kappa shape index (κ3) is 2.80. The van der Waals surface area contributed by atoms with Gasteiger partial charge in [-0.15, -0.1) is 11.6 Å². The lowest BCUT2D eigenvalue weighted by molar-refractivity contribution is -0.385. The summed E-state index contributed by atoms with van der Waals surface area (Å²) in [5, 5.41) is 10.8. The molecule has 86 valence electrons. The zero-order chi connectivity index (χ0) is 12.3. The lowest BCUT2D eigenvalue weighted by atomic mass is 10.0. The molecule has 1 atom stereocenters. The number of benzene rings is 1. The van der Waals surface area contributed by atoms with Crippen LogP contribution in [0.1, 0.15) is 22.8 Å². The quantitative estimate of drug-likeness (QED) is 0.371. The van der Waals surface area contributed by atoms with Gasteiger partial charge in [0.1, 0.15) is 0 Å². The van der Waals surface area contributed by atoms with Gasteiger partial charge in [-0.1, -0.05) is 22.0 Å². The van der Waals surface area contributed by atoms with Crippen LogP contribution in [0.4, 0.5) is 5.69 Å². The fraction of sp³-hybridized carbons (Fsp3) is 0.300. The number of nitro benzene ring substituents is 1. The molecule has 0 aliphatic rings. The molecule has 6 heteroatoms. The minimum atomic E-state index is -0.571. The largest absolute Gasteiger partial charge is 0.293 e. The molecule has 0 bridgehead atoms. The number of ketones is 1. The molecule has 0 radical (unpaired) electrons. The van der Waals surface area contributed by atoms with Gasteiger partial charge in [0.2, 0.25) is 0 Å². The van der Waals surface area contributed by atoms with Gasteiger partial charge in [-0.05, 0) is 18.6 Å². The Bertz CT molecular complexity index is 434. The van der Waals surface area contributed by atoms with Crippen molar-refractivity contribution in [3.8, 4) is 0 Å². The van der Waals surface area contributed by atoms with Gasteiger partial charge in [0, 0.05) is 11.9 Å². The van der Waals surface area contributed by atoms with Gasteiger partial charge in [0.25, 0.3) is 5.69 Å². The SMILES string of the molecule is CC(Br)C(=O)c1ccc(CCl)cc1[N+](=O)[O-]. The lowest BCUT2D eigenvalue weighted by Gasteiger charge is -2.05. The van der Waals surface area contributed by atoms with Crippen LogP contribution in [-0.2, 0) is 5.88 Å². The van der Waals surface area contributed by atoms with Crippen molar-refractivity contribution in [3.63, 3.8) is 0 Å². The highest BCUT2D eigenvalue weighted by Gasteiger charge is 2.23. The summed E-state index contributed by atoms with van der Waals surface area (Å²) in [7, 11) is 0. The van der Waals surface area contributed by atoms with Crippen molar-refractivity contribution >= 4 is 39.0 Å². The van der Waals surface area contributed by atoms with E-state index in [1.54, 1.807) is 13.0 Å². The number of hydrogen-bond acceptors (Lipinski definition) is 3. The summed E-state index contributed by atoms with van der Waals surface area (Å²) < 4.78 is 0. The highest BCUT2D eigenvalue weighted by atomic mass is 79.9. The number of rotatable bonds is 4. The fourth-order valence-corrected chi connectivity index (χ4v) is 1.65. The molecule has 0 amide bonds. The molecule has 0 aliphatic carbocycles. The summed E-state index contributed by atoms with van der Waals surface area (Å²) in [5.41, 5.74) is 0.518. The van der Waals surface area contributed by atoms with Crippen LogP contribution in [0.5, 0.6) is 0 Å². The molecular formula is C10H9BrClNO3. The maximum atomic E-state index is 11.7. The Morgan fingerprint density at radius 3 is 2.69 bits per heavy atom. The predicted molar refractivity (Wildman–Crippen MR) is 65.4 cm³/mol. The zero-order valence-corrected chi connectivity index (χ0v) is 10.8. The zero-order valence-electron chi connectivity index (χ0n) is 8.44. The Hall–Kier alpha value is -0.940. The van der Waals surface area contributed by atoms with E-state index in [4.69, 9.17) is 11.6 Å². The molecule has 1 rings (SSSR count). The summed E-state index contributed by atoms with van der Waals surface area (Å²) in [4.78, 5) is 21.5. The number of Topliss-reactive ketones (excluding diaryl/α,β-unsaturated/α-hetero) is 1. The number of nitrogens with zero attached hydrogens (tertiary/aromatic N) is 1. The Morgan fingerprint density at radius 2 is 2.25 bits per heavy atom. The second kappa shape index (κ2) is 5.41. The standard InChI is InChI=1S/C10H9BrClNO3/c1-6(11)10(14)8-3-2-7(5-12)4-9(8)13(15)16/h2-4,6H,5H2,1H3. The molecule has 1 aromatic rings. The van der Waals surface area contributed by atoms with E-state index < -0.39 is 9.75 Å². The van der Waals surface area contributed by atoms with E-state index in [1.807, 2.05) is 0 Å². The minimum Gasteiger partial charge on any atom is -0.293 e. The number of carbonyl (C=O) groups is 1. The topological polar surface area (TPSA) is 60.2 Å². The summed E-state index contributed by atoms with van der Waals surface area (Å²) in [6.07, 6.45) is 0. The van der Waals surface area contributed by atoms with Gasteiger partial charge in [-0.25, -0.2) is 0 Å². The van der Waals surface area contributed by atoms with E-state index in [2.05, 4.69) is 15.9 Å². The fourth-order valence-electron chi connectivity index (χ4n) is 1.23. The number of carbonyl (C=O) groups excluding carboxylic acids is 1. The van der Waals surface area contributed by atoms with Crippen molar-refractivity contribution in [2.45, 2.75) is 17.6 Å². The first-order chi connectivity index (χ1) is 7.47. The molecule has 0 heterocycles. The van der Waals surface area contributed by atoms with Crippen LogP contribution >= 0.6 is 27.5 Å². The van der Waals surface area contributed by atoms with Crippen LogP contribution in [0, 0.1) is 10.1 Å². The van der Waals surface area contributed by atoms with Crippen molar-refractivity contribution in [2.24, 2.45) is 0 Å². The maximum Gasteiger partial charge on any atom is 0.280 e. The van der Waals surface area contributed by atoms with Crippen LogP contribution in [-0.4, -0.2) is 15.5 Å². The first kappa shape index (κ1) is 13.1. The van der Waals surface area contributed by atoms with E-state index >= 15 is 0 Å². The lowest BCUT2D eigenvalue weighted by Crippen LogP contribution is -2.12. The average molecular weight is 307 g/mol. The molecule has 0 saturated carbocycles. The molecule has 16 heavy (non-hydrogen) atoms. The van der Waals surface area contributed by atoms with Crippen molar-refractivity contribution < 1.29 is 9.72 Å². The maximum absolute atomic E-state index is 11.7. The average Bonchev–Trinajstić information content (AvgIpc) is 2.26. The molecule has 0 N–H and O–H groups in total. The molecule has 0 fully saturated rings. The molecule has 0 aromatic heterocycles. The Labute approximate surface area is 106 Å². The van der Waals surface area contributed by atoms with Crippen LogP contribution in [0.15, 0.2) is 18.2 Å². The monoisotopic (exact) mass is 305 g/mol. The third-order valence-electron chi connectivity index (χ3n) is 2.04. The van der Waals surface area contributed by atoms with E-state index in [0.29, 0.717) is 5.56 Å². The second-order valence-corrected chi connectivity index (χ2v) is 4.86. The van der Waals surface area contributed by atoms with E-state index in [1.165, 1.54) is 12.1 Å². The first-order valence-electron chi connectivity index (χ1n) is 4.49. The van der Waals surface area contributed by atoms with Crippen LogP contribution in [0.2, 0.25) is 0 Å². The summed E-state index contributed by atoms with van der Waals surface area (Å²) in [6, 6.07) is 4.38. The van der Waals surface area contributed by atoms with Crippen LogP contribution in [0.25, 0.3) is 0 Å². The Balaban J connectivity index is 3.28. The van der Waals surface area contributed by atoms with Crippen molar-refractivity contribution in [3.05, 3.63) is 39.4 Å². The van der Waals surface area contributed by atoms with E-state index in [0.717, 1.165) is 0 Å². The van der Waals surface area contributed by atoms with E-state index in [9.17, 15) is 14.9 Å². The first-order valence-corrected chi connectivity index (χ1v) is 5.94. The molecule has 1 aromatic carbocycles. The smallest absolute Gasteiger partial charge is 0.280 e. The van der Waals surface area contributed by atoms with Gasteiger partial charge >= 0.3 is 0 Å².